The number of carboxylic acid groups (broad SMARTS) is 1. The highest BCUT2D eigenvalue weighted by atomic mass is 16.4. The first kappa shape index (κ1) is 19.6. The fraction of sp³-hybridized carbons (Fsp3) is 0.318. The van der Waals surface area contributed by atoms with Crippen LogP contribution >= 0.6 is 0 Å². The van der Waals surface area contributed by atoms with Crippen LogP contribution in [0.25, 0.3) is 0 Å². The van der Waals surface area contributed by atoms with Gasteiger partial charge in [0, 0.05) is 17.8 Å². The normalized spacial score (nSPS) is 18.9. The minimum Gasteiger partial charge on any atom is -0.481 e. The van der Waals surface area contributed by atoms with Crippen LogP contribution in [0.15, 0.2) is 54.6 Å². The van der Waals surface area contributed by atoms with Crippen molar-refractivity contribution >= 4 is 23.5 Å². The molecule has 6 nitrogen and oxygen atoms in total. The SMILES string of the molecule is O=C(NCc1ccccc1)c1ccc(NC(=O)[C@@H]2CCCC[C@H]2C(=O)O)cc1. The molecule has 6 heteroatoms. The zero-order chi connectivity index (χ0) is 19.9. The molecule has 1 aliphatic carbocycles. The summed E-state index contributed by atoms with van der Waals surface area (Å²) in [6.45, 7) is 0.441. The molecule has 1 fully saturated rings. The molecule has 0 bridgehead atoms. The molecule has 0 unspecified atom stereocenters. The van der Waals surface area contributed by atoms with Gasteiger partial charge in [-0.3, -0.25) is 14.4 Å². The molecular weight excluding hydrogens is 356 g/mol. The fourth-order valence-corrected chi connectivity index (χ4v) is 3.56. The van der Waals surface area contributed by atoms with Crippen LogP contribution in [0.2, 0.25) is 0 Å². The largest absolute Gasteiger partial charge is 0.481 e. The lowest BCUT2D eigenvalue weighted by molar-refractivity contribution is -0.147. The number of benzene rings is 2. The zero-order valence-corrected chi connectivity index (χ0v) is 15.6. The van der Waals surface area contributed by atoms with E-state index in [4.69, 9.17) is 0 Å². The molecular formula is C22H24N2O4. The van der Waals surface area contributed by atoms with E-state index in [0.717, 1.165) is 18.4 Å². The highest BCUT2D eigenvalue weighted by molar-refractivity contribution is 5.97. The Labute approximate surface area is 164 Å². The number of carboxylic acids is 1. The molecule has 2 amide bonds. The van der Waals surface area contributed by atoms with E-state index in [1.54, 1.807) is 24.3 Å². The van der Waals surface area contributed by atoms with Gasteiger partial charge in [-0.15, -0.1) is 0 Å². The highest BCUT2D eigenvalue weighted by Crippen LogP contribution is 2.31. The van der Waals surface area contributed by atoms with Crippen LogP contribution in [-0.2, 0) is 16.1 Å². The second-order valence-corrected chi connectivity index (χ2v) is 7.07. The van der Waals surface area contributed by atoms with Crippen molar-refractivity contribution in [3.8, 4) is 0 Å². The Morgan fingerprint density at radius 1 is 0.893 bits per heavy atom. The molecule has 3 rings (SSSR count). The molecule has 0 saturated heterocycles. The van der Waals surface area contributed by atoms with E-state index < -0.39 is 17.8 Å². The molecule has 1 aliphatic rings. The molecule has 0 heterocycles. The Balaban J connectivity index is 1.57. The second-order valence-electron chi connectivity index (χ2n) is 7.07. The lowest BCUT2D eigenvalue weighted by Crippen LogP contribution is -2.36. The average molecular weight is 380 g/mol. The molecule has 0 spiro atoms. The van der Waals surface area contributed by atoms with E-state index >= 15 is 0 Å². The number of rotatable bonds is 6. The third-order valence-corrected chi connectivity index (χ3v) is 5.13. The van der Waals surface area contributed by atoms with Gasteiger partial charge in [0.05, 0.1) is 11.8 Å². The summed E-state index contributed by atoms with van der Waals surface area (Å²) in [4.78, 5) is 36.1. The number of hydrogen-bond acceptors (Lipinski definition) is 3. The number of nitrogens with one attached hydrogen (secondary N) is 2. The lowest BCUT2D eigenvalue weighted by atomic mass is 9.78. The molecule has 2 aromatic rings. The summed E-state index contributed by atoms with van der Waals surface area (Å²) < 4.78 is 0. The second kappa shape index (κ2) is 9.17. The summed E-state index contributed by atoms with van der Waals surface area (Å²) in [5.41, 5.74) is 2.06. The van der Waals surface area contributed by atoms with Gasteiger partial charge in [-0.25, -0.2) is 0 Å². The van der Waals surface area contributed by atoms with Crippen molar-refractivity contribution in [3.63, 3.8) is 0 Å². The van der Waals surface area contributed by atoms with E-state index in [1.165, 1.54) is 0 Å². The number of amides is 2. The van der Waals surface area contributed by atoms with Gasteiger partial charge in [-0.05, 0) is 42.7 Å². The Kier molecular flexibility index (Phi) is 6.42. The lowest BCUT2D eigenvalue weighted by Gasteiger charge is -2.27. The third kappa shape index (κ3) is 4.97. The van der Waals surface area contributed by atoms with Crippen molar-refractivity contribution in [2.24, 2.45) is 11.8 Å². The van der Waals surface area contributed by atoms with Gasteiger partial charge in [0.1, 0.15) is 0 Å². The van der Waals surface area contributed by atoms with Crippen LogP contribution in [0.5, 0.6) is 0 Å². The first-order chi connectivity index (χ1) is 13.5. The predicted molar refractivity (Wildman–Crippen MR) is 106 cm³/mol. The van der Waals surface area contributed by atoms with Crippen LogP contribution in [0.3, 0.4) is 0 Å². The molecule has 3 N–H and O–H groups in total. The molecule has 1 saturated carbocycles. The van der Waals surface area contributed by atoms with Gasteiger partial charge in [-0.1, -0.05) is 43.2 Å². The minimum absolute atomic E-state index is 0.194. The number of carbonyl (C=O) groups is 3. The summed E-state index contributed by atoms with van der Waals surface area (Å²) in [6.07, 6.45) is 2.83. The molecule has 0 aromatic heterocycles. The van der Waals surface area contributed by atoms with Crippen molar-refractivity contribution in [1.29, 1.82) is 0 Å². The fourth-order valence-electron chi connectivity index (χ4n) is 3.56. The van der Waals surface area contributed by atoms with E-state index in [9.17, 15) is 19.5 Å². The number of carbonyl (C=O) groups excluding carboxylic acids is 2. The monoisotopic (exact) mass is 380 g/mol. The molecule has 0 radical (unpaired) electrons. The zero-order valence-electron chi connectivity index (χ0n) is 15.6. The smallest absolute Gasteiger partial charge is 0.307 e. The van der Waals surface area contributed by atoms with Gasteiger partial charge in [0.2, 0.25) is 5.91 Å². The van der Waals surface area contributed by atoms with Crippen molar-refractivity contribution in [1.82, 2.24) is 5.32 Å². The Bertz CT molecular complexity index is 833. The maximum atomic E-state index is 12.5. The van der Waals surface area contributed by atoms with E-state index in [-0.39, 0.29) is 11.8 Å². The first-order valence-corrected chi connectivity index (χ1v) is 9.50. The van der Waals surface area contributed by atoms with Gasteiger partial charge in [0.25, 0.3) is 5.91 Å². The van der Waals surface area contributed by atoms with Crippen molar-refractivity contribution < 1.29 is 19.5 Å². The van der Waals surface area contributed by atoms with Crippen molar-refractivity contribution in [2.75, 3.05) is 5.32 Å². The highest BCUT2D eigenvalue weighted by Gasteiger charge is 2.35. The average Bonchev–Trinajstić information content (AvgIpc) is 2.73. The van der Waals surface area contributed by atoms with Crippen LogP contribution in [0.1, 0.15) is 41.6 Å². The standard InChI is InChI=1S/C22H24N2O4/c25-20(23-14-15-6-2-1-3-7-15)16-10-12-17(13-11-16)24-21(26)18-8-4-5-9-19(18)22(27)28/h1-3,6-7,10-13,18-19H,4-5,8-9,14H2,(H,23,25)(H,24,26)(H,27,28)/t18-,19-/m1/s1. The molecule has 146 valence electrons. The third-order valence-electron chi connectivity index (χ3n) is 5.13. The van der Waals surface area contributed by atoms with Crippen LogP contribution in [0, 0.1) is 11.8 Å². The van der Waals surface area contributed by atoms with Gasteiger partial charge >= 0.3 is 5.97 Å². The summed E-state index contributed by atoms with van der Waals surface area (Å²) >= 11 is 0. The predicted octanol–water partition coefficient (Wildman–Crippen LogP) is 3.45. The topological polar surface area (TPSA) is 95.5 Å². The summed E-state index contributed by atoms with van der Waals surface area (Å²) in [6, 6.07) is 16.2. The van der Waals surface area contributed by atoms with Crippen molar-refractivity contribution in [3.05, 3.63) is 65.7 Å². The van der Waals surface area contributed by atoms with E-state index in [1.807, 2.05) is 30.3 Å². The van der Waals surface area contributed by atoms with Crippen molar-refractivity contribution in [2.45, 2.75) is 32.2 Å². The Hall–Kier alpha value is -3.15. The van der Waals surface area contributed by atoms with Gasteiger partial charge in [-0.2, -0.15) is 0 Å². The molecule has 28 heavy (non-hydrogen) atoms. The maximum Gasteiger partial charge on any atom is 0.307 e. The summed E-state index contributed by atoms with van der Waals surface area (Å²) in [5.74, 6) is -2.52. The minimum atomic E-state index is -0.912. The molecule has 2 atom stereocenters. The van der Waals surface area contributed by atoms with Crippen LogP contribution < -0.4 is 10.6 Å². The van der Waals surface area contributed by atoms with Gasteiger partial charge in [0.15, 0.2) is 0 Å². The number of aliphatic carboxylic acids is 1. The summed E-state index contributed by atoms with van der Waals surface area (Å²) in [5, 5.41) is 15.0. The number of hydrogen-bond donors (Lipinski definition) is 3. The first-order valence-electron chi connectivity index (χ1n) is 9.50. The molecule has 2 aromatic carbocycles. The quantitative estimate of drug-likeness (QED) is 0.715. The Morgan fingerprint density at radius 2 is 1.54 bits per heavy atom. The van der Waals surface area contributed by atoms with Crippen LogP contribution in [-0.4, -0.2) is 22.9 Å². The van der Waals surface area contributed by atoms with Gasteiger partial charge < -0.3 is 15.7 Å². The van der Waals surface area contributed by atoms with Crippen LogP contribution in [0.4, 0.5) is 5.69 Å². The number of anilines is 1. The van der Waals surface area contributed by atoms with E-state index in [0.29, 0.717) is 30.6 Å². The Morgan fingerprint density at radius 3 is 2.18 bits per heavy atom. The molecule has 0 aliphatic heterocycles. The van der Waals surface area contributed by atoms with E-state index in [2.05, 4.69) is 10.6 Å². The maximum absolute atomic E-state index is 12.5. The summed E-state index contributed by atoms with van der Waals surface area (Å²) in [7, 11) is 0.